The van der Waals surface area contributed by atoms with Crippen molar-refractivity contribution in [3.05, 3.63) is 35.1 Å². The Morgan fingerprint density at radius 1 is 1.30 bits per heavy atom. The van der Waals surface area contributed by atoms with Crippen LogP contribution in [0.1, 0.15) is 50.2 Å². The zero-order valence-electron chi connectivity index (χ0n) is 12.4. The number of benzene rings is 1. The van der Waals surface area contributed by atoms with Gasteiger partial charge in [-0.3, -0.25) is 4.79 Å². The van der Waals surface area contributed by atoms with Crippen LogP contribution in [0.25, 0.3) is 0 Å². The van der Waals surface area contributed by atoms with Crippen molar-refractivity contribution in [3.63, 3.8) is 0 Å². The van der Waals surface area contributed by atoms with Gasteiger partial charge < -0.3 is 4.74 Å². The van der Waals surface area contributed by atoms with Gasteiger partial charge in [-0.1, -0.05) is 25.3 Å². The first-order valence-electron chi connectivity index (χ1n) is 7.50. The lowest BCUT2D eigenvalue weighted by atomic mass is 9.79. The maximum atomic E-state index is 13.1. The second-order valence-electron chi connectivity index (χ2n) is 5.66. The van der Waals surface area contributed by atoms with Crippen LogP contribution in [-0.4, -0.2) is 18.0 Å². The van der Waals surface area contributed by atoms with Gasteiger partial charge >= 0.3 is 0 Å². The summed E-state index contributed by atoms with van der Waals surface area (Å²) in [6, 6.07) is 4.62. The normalized spacial score (nSPS) is 17.9. The summed E-state index contributed by atoms with van der Waals surface area (Å²) in [5.41, 5.74) is 1.13. The van der Waals surface area contributed by atoms with Crippen LogP contribution < -0.4 is 0 Å². The zero-order valence-corrected chi connectivity index (χ0v) is 12.4. The first-order chi connectivity index (χ1) is 9.57. The second kappa shape index (κ2) is 6.49. The molecular weight excluding hydrogens is 255 g/mol. The fraction of sp³-hybridized carbons (Fsp3) is 0.588. The highest BCUT2D eigenvalue weighted by atomic mass is 19.1. The number of ether oxygens (including phenoxy) is 1. The molecule has 0 atom stereocenters. The highest BCUT2D eigenvalue weighted by molar-refractivity contribution is 5.89. The van der Waals surface area contributed by atoms with Crippen molar-refractivity contribution in [2.75, 3.05) is 6.61 Å². The van der Waals surface area contributed by atoms with Gasteiger partial charge in [-0.05, 0) is 49.9 Å². The van der Waals surface area contributed by atoms with E-state index in [0.717, 1.165) is 36.8 Å². The molecule has 1 aromatic rings. The van der Waals surface area contributed by atoms with E-state index in [1.54, 1.807) is 6.07 Å². The summed E-state index contributed by atoms with van der Waals surface area (Å²) in [6.07, 6.45) is 5.26. The number of hydrogen-bond acceptors (Lipinski definition) is 2. The molecule has 0 amide bonds. The number of carbonyl (C=O) groups excluding carboxylic acids is 1. The lowest BCUT2D eigenvalue weighted by Gasteiger charge is -2.35. The van der Waals surface area contributed by atoms with Crippen LogP contribution in [0, 0.1) is 12.7 Å². The van der Waals surface area contributed by atoms with Gasteiger partial charge in [0.2, 0.25) is 0 Å². The highest BCUT2D eigenvalue weighted by Gasteiger charge is 2.39. The average molecular weight is 278 g/mol. The topological polar surface area (TPSA) is 26.3 Å². The largest absolute Gasteiger partial charge is 0.367 e. The SMILES string of the molecule is CCOC1(C(=O)Cc2ccc(F)cc2C)CCCCC1. The molecule has 0 unspecified atom stereocenters. The van der Waals surface area contributed by atoms with Crippen molar-refractivity contribution in [1.82, 2.24) is 0 Å². The molecule has 1 saturated carbocycles. The molecule has 0 aliphatic heterocycles. The van der Waals surface area contributed by atoms with Gasteiger partial charge in [-0.15, -0.1) is 0 Å². The molecule has 0 radical (unpaired) electrons. The van der Waals surface area contributed by atoms with Gasteiger partial charge in [-0.2, -0.15) is 0 Å². The molecular formula is C17H23FO2. The summed E-state index contributed by atoms with van der Waals surface area (Å²) in [4.78, 5) is 12.7. The first-order valence-corrected chi connectivity index (χ1v) is 7.50. The fourth-order valence-corrected chi connectivity index (χ4v) is 3.09. The summed E-state index contributed by atoms with van der Waals surface area (Å²) in [5.74, 6) is -0.107. The minimum atomic E-state index is -0.603. The van der Waals surface area contributed by atoms with Gasteiger partial charge in [0, 0.05) is 13.0 Å². The standard InChI is InChI=1S/C17H23FO2/c1-3-20-17(9-5-4-6-10-17)16(19)12-14-7-8-15(18)11-13(14)2/h7-8,11H,3-6,9-10,12H2,1-2H3. The van der Waals surface area contributed by atoms with Gasteiger partial charge in [0.25, 0.3) is 0 Å². The number of halogens is 1. The van der Waals surface area contributed by atoms with E-state index in [0.29, 0.717) is 13.0 Å². The van der Waals surface area contributed by atoms with Crippen molar-refractivity contribution in [3.8, 4) is 0 Å². The van der Waals surface area contributed by atoms with Gasteiger partial charge in [0.1, 0.15) is 11.4 Å². The molecule has 0 heterocycles. The van der Waals surface area contributed by atoms with Crippen LogP contribution in [0.15, 0.2) is 18.2 Å². The third-order valence-corrected chi connectivity index (χ3v) is 4.25. The van der Waals surface area contributed by atoms with E-state index in [9.17, 15) is 9.18 Å². The van der Waals surface area contributed by atoms with Crippen LogP contribution >= 0.6 is 0 Å². The van der Waals surface area contributed by atoms with Crippen molar-refractivity contribution in [2.24, 2.45) is 0 Å². The molecule has 3 heteroatoms. The van der Waals surface area contributed by atoms with E-state index < -0.39 is 5.60 Å². The molecule has 0 spiro atoms. The summed E-state index contributed by atoms with van der Waals surface area (Å²) in [6.45, 7) is 4.35. The molecule has 0 bridgehead atoms. The summed E-state index contributed by atoms with van der Waals surface area (Å²) >= 11 is 0. The lowest BCUT2D eigenvalue weighted by Crippen LogP contribution is -2.44. The maximum absolute atomic E-state index is 13.1. The molecule has 1 aromatic carbocycles. The molecule has 2 nitrogen and oxygen atoms in total. The van der Waals surface area contributed by atoms with Crippen molar-refractivity contribution >= 4 is 5.78 Å². The Kier molecular flexibility index (Phi) is 4.92. The van der Waals surface area contributed by atoms with Gasteiger partial charge in [0.05, 0.1) is 0 Å². The molecule has 0 aromatic heterocycles. The Hall–Kier alpha value is -1.22. The molecule has 1 fully saturated rings. The third kappa shape index (κ3) is 3.26. The van der Waals surface area contributed by atoms with Gasteiger partial charge in [0.15, 0.2) is 5.78 Å². The van der Waals surface area contributed by atoms with E-state index in [1.165, 1.54) is 18.6 Å². The molecule has 0 saturated heterocycles. The minimum absolute atomic E-state index is 0.147. The van der Waals surface area contributed by atoms with Crippen LogP contribution in [-0.2, 0) is 16.0 Å². The maximum Gasteiger partial charge on any atom is 0.168 e. The molecule has 20 heavy (non-hydrogen) atoms. The van der Waals surface area contributed by atoms with Gasteiger partial charge in [-0.25, -0.2) is 4.39 Å². The van der Waals surface area contributed by atoms with Crippen LogP contribution in [0.2, 0.25) is 0 Å². The molecule has 2 rings (SSSR count). The Balaban J connectivity index is 2.15. The highest BCUT2D eigenvalue weighted by Crippen LogP contribution is 2.33. The summed E-state index contributed by atoms with van der Waals surface area (Å²) < 4.78 is 19.0. The fourth-order valence-electron chi connectivity index (χ4n) is 3.09. The third-order valence-electron chi connectivity index (χ3n) is 4.25. The number of rotatable bonds is 5. The second-order valence-corrected chi connectivity index (χ2v) is 5.66. The Morgan fingerprint density at radius 2 is 2.00 bits per heavy atom. The van der Waals surface area contributed by atoms with E-state index in [-0.39, 0.29) is 11.6 Å². The average Bonchev–Trinajstić information content (AvgIpc) is 2.43. The van der Waals surface area contributed by atoms with E-state index in [1.807, 2.05) is 13.8 Å². The van der Waals surface area contributed by atoms with Crippen molar-refractivity contribution in [1.29, 1.82) is 0 Å². The minimum Gasteiger partial charge on any atom is -0.367 e. The number of ketones is 1. The van der Waals surface area contributed by atoms with Crippen LogP contribution in [0.4, 0.5) is 4.39 Å². The van der Waals surface area contributed by atoms with Crippen LogP contribution in [0.5, 0.6) is 0 Å². The van der Waals surface area contributed by atoms with E-state index in [4.69, 9.17) is 4.74 Å². The predicted molar refractivity (Wildman–Crippen MR) is 77.3 cm³/mol. The predicted octanol–water partition coefficient (Wildman–Crippen LogP) is 3.99. The molecule has 1 aliphatic rings. The summed E-state index contributed by atoms with van der Waals surface area (Å²) in [7, 11) is 0. The number of carbonyl (C=O) groups is 1. The molecule has 1 aliphatic carbocycles. The van der Waals surface area contributed by atoms with E-state index in [2.05, 4.69) is 0 Å². The Bertz CT molecular complexity index is 470. The summed E-state index contributed by atoms with van der Waals surface area (Å²) in [5, 5.41) is 0. The van der Waals surface area contributed by atoms with E-state index >= 15 is 0 Å². The smallest absolute Gasteiger partial charge is 0.168 e. The zero-order chi connectivity index (χ0) is 14.6. The molecule has 110 valence electrons. The lowest BCUT2D eigenvalue weighted by molar-refractivity contribution is -0.148. The Morgan fingerprint density at radius 3 is 2.60 bits per heavy atom. The first kappa shape index (κ1) is 15.2. The molecule has 0 N–H and O–H groups in total. The monoisotopic (exact) mass is 278 g/mol. The number of hydrogen-bond donors (Lipinski definition) is 0. The van der Waals surface area contributed by atoms with Crippen molar-refractivity contribution < 1.29 is 13.9 Å². The number of aryl methyl sites for hydroxylation is 1. The van der Waals surface area contributed by atoms with Crippen LogP contribution in [0.3, 0.4) is 0 Å². The van der Waals surface area contributed by atoms with Crippen molar-refractivity contribution in [2.45, 2.75) is 58.0 Å². The quantitative estimate of drug-likeness (QED) is 0.814. The Labute approximate surface area is 120 Å². The number of Topliss-reactive ketones (excluding diaryl/α,β-unsaturated/α-hetero) is 1.